The molecular formula is C17H20O2. The molecule has 0 fully saturated rings. The van der Waals surface area contributed by atoms with E-state index in [1.807, 2.05) is 74.5 Å². The van der Waals surface area contributed by atoms with E-state index < -0.39 is 0 Å². The summed E-state index contributed by atoms with van der Waals surface area (Å²) in [5.41, 5.74) is 0. The molecule has 0 amide bonds. The third-order valence-corrected chi connectivity index (χ3v) is 2.51. The number of para-hydroxylation sites is 2. The van der Waals surface area contributed by atoms with Crippen LogP contribution in [0.5, 0.6) is 11.5 Å². The second-order valence-corrected chi connectivity index (χ2v) is 3.97. The van der Waals surface area contributed by atoms with Gasteiger partial charge >= 0.3 is 0 Å². The molecule has 0 aliphatic heterocycles. The Balaban J connectivity index is 0.000000258. The van der Waals surface area contributed by atoms with Gasteiger partial charge in [-0.15, -0.1) is 0 Å². The summed E-state index contributed by atoms with van der Waals surface area (Å²) in [6, 6.07) is 19.5. The van der Waals surface area contributed by atoms with Crippen LogP contribution in [0.2, 0.25) is 0 Å². The Morgan fingerprint density at radius 3 is 1.42 bits per heavy atom. The van der Waals surface area contributed by atoms with Crippen LogP contribution in [0.4, 0.5) is 0 Å². The lowest BCUT2D eigenvalue weighted by Crippen LogP contribution is -1.88. The van der Waals surface area contributed by atoms with Crippen molar-refractivity contribution in [2.45, 2.75) is 26.7 Å². The fourth-order valence-corrected chi connectivity index (χ4v) is 1.36. The number of Topliss-reactive ketones (excluding diaryl/α,β-unsaturated/α-hetero) is 1. The van der Waals surface area contributed by atoms with Crippen LogP contribution in [0.15, 0.2) is 60.7 Å². The summed E-state index contributed by atoms with van der Waals surface area (Å²) in [6.07, 6.45) is 1.38. The quantitative estimate of drug-likeness (QED) is 0.781. The van der Waals surface area contributed by atoms with Gasteiger partial charge in [-0.3, -0.25) is 4.79 Å². The molecule has 0 aromatic heterocycles. The maximum Gasteiger partial charge on any atom is 0.132 e. The van der Waals surface area contributed by atoms with Crippen LogP contribution in [0.1, 0.15) is 26.7 Å². The van der Waals surface area contributed by atoms with Gasteiger partial charge in [0.25, 0.3) is 0 Å². The van der Waals surface area contributed by atoms with Crippen molar-refractivity contribution >= 4 is 5.78 Å². The Morgan fingerprint density at radius 1 is 0.789 bits per heavy atom. The highest BCUT2D eigenvalue weighted by atomic mass is 16.5. The normalized spacial score (nSPS) is 9.16. The summed E-state index contributed by atoms with van der Waals surface area (Å²) >= 11 is 0. The number of carbonyl (C=O) groups is 1. The Kier molecular flexibility index (Phi) is 7.03. The summed E-state index contributed by atoms with van der Waals surface area (Å²) in [6.45, 7) is 3.76. The highest BCUT2D eigenvalue weighted by Crippen LogP contribution is 2.19. The number of hydrogen-bond donors (Lipinski definition) is 0. The third-order valence-electron chi connectivity index (χ3n) is 2.51. The first-order chi connectivity index (χ1) is 9.26. The predicted octanol–water partition coefficient (Wildman–Crippen LogP) is 4.85. The molecule has 2 rings (SSSR count). The third kappa shape index (κ3) is 6.41. The highest BCUT2D eigenvalue weighted by Gasteiger charge is 1.92. The molecule has 0 radical (unpaired) electrons. The van der Waals surface area contributed by atoms with Gasteiger partial charge in [-0.25, -0.2) is 0 Å². The summed E-state index contributed by atoms with van der Waals surface area (Å²) < 4.78 is 5.58. The Bertz CT molecular complexity index is 420. The Hall–Kier alpha value is -2.09. The molecule has 19 heavy (non-hydrogen) atoms. The van der Waals surface area contributed by atoms with Gasteiger partial charge in [0.1, 0.15) is 17.3 Å². The van der Waals surface area contributed by atoms with Gasteiger partial charge < -0.3 is 4.74 Å². The molecule has 0 aliphatic rings. The molecule has 0 aliphatic carbocycles. The van der Waals surface area contributed by atoms with Gasteiger partial charge in [0.05, 0.1) is 0 Å². The minimum Gasteiger partial charge on any atom is -0.457 e. The second kappa shape index (κ2) is 8.92. The van der Waals surface area contributed by atoms with Crippen LogP contribution in [0.25, 0.3) is 0 Å². The van der Waals surface area contributed by atoms with Gasteiger partial charge in [-0.1, -0.05) is 50.2 Å². The zero-order valence-electron chi connectivity index (χ0n) is 11.5. The lowest BCUT2D eigenvalue weighted by Gasteiger charge is -2.03. The van der Waals surface area contributed by atoms with Crippen molar-refractivity contribution in [3.05, 3.63) is 60.7 Å². The van der Waals surface area contributed by atoms with Crippen LogP contribution in [-0.2, 0) is 4.79 Å². The van der Waals surface area contributed by atoms with E-state index in [-0.39, 0.29) is 0 Å². The average molecular weight is 256 g/mol. The smallest absolute Gasteiger partial charge is 0.132 e. The van der Waals surface area contributed by atoms with Crippen LogP contribution in [-0.4, -0.2) is 5.78 Å². The SMILES string of the molecule is CCC(=O)CC.c1ccc(Oc2ccccc2)cc1. The van der Waals surface area contributed by atoms with Crippen LogP contribution < -0.4 is 4.74 Å². The average Bonchev–Trinajstić information content (AvgIpc) is 2.49. The van der Waals surface area contributed by atoms with Crippen molar-refractivity contribution in [2.24, 2.45) is 0 Å². The van der Waals surface area contributed by atoms with Crippen LogP contribution in [0.3, 0.4) is 0 Å². The fraction of sp³-hybridized carbons (Fsp3) is 0.235. The number of carbonyl (C=O) groups excluding carboxylic acids is 1. The molecule has 100 valence electrons. The van der Waals surface area contributed by atoms with E-state index in [0.717, 1.165) is 11.5 Å². The number of hydrogen-bond acceptors (Lipinski definition) is 2. The van der Waals surface area contributed by atoms with E-state index >= 15 is 0 Å². The van der Waals surface area contributed by atoms with Gasteiger partial charge in [-0.2, -0.15) is 0 Å². The van der Waals surface area contributed by atoms with Crippen molar-refractivity contribution in [1.82, 2.24) is 0 Å². The van der Waals surface area contributed by atoms with E-state index in [9.17, 15) is 4.79 Å². The Labute approximate surface area is 115 Å². The Morgan fingerprint density at radius 2 is 1.16 bits per heavy atom. The van der Waals surface area contributed by atoms with Gasteiger partial charge in [0, 0.05) is 12.8 Å². The molecule has 0 spiro atoms. The lowest BCUT2D eigenvalue weighted by molar-refractivity contribution is -0.118. The van der Waals surface area contributed by atoms with E-state index in [4.69, 9.17) is 4.74 Å². The molecule has 0 heterocycles. The topological polar surface area (TPSA) is 26.3 Å². The molecule has 2 aromatic carbocycles. The number of rotatable bonds is 4. The van der Waals surface area contributed by atoms with Crippen LogP contribution in [0, 0.1) is 0 Å². The molecule has 2 heteroatoms. The molecular weight excluding hydrogens is 236 g/mol. The molecule has 2 aromatic rings. The molecule has 0 atom stereocenters. The minimum atomic E-state index is 0.343. The summed E-state index contributed by atoms with van der Waals surface area (Å²) in [4.78, 5) is 10.2. The van der Waals surface area contributed by atoms with Gasteiger partial charge in [-0.05, 0) is 24.3 Å². The highest BCUT2D eigenvalue weighted by molar-refractivity contribution is 5.77. The first-order valence-electron chi connectivity index (χ1n) is 6.56. The summed E-state index contributed by atoms with van der Waals surface area (Å²) in [7, 11) is 0. The first-order valence-corrected chi connectivity index (χ1v) is 6.56. The van der Waals surface area contributed by atoms with Gasteiger partial charge in [0.2, 0.25) is 0 Å². The monoisotopic (exact) mass is 256 g/mol. The number of ether oxygens (including phenoxy) is 1. The zero-order valence-corrected chi connectivity index (χ0v) is 11.5. The fourth-order valence-electron chi connectivity index (χ4n) is 1.36. The van der Waals surface area contributed by atoms with E-state index in [2.05, 4.69) is 0 Å². The molecule has 0 bridgehead atoms. The van der Waals surface area contributed by atoms with E-state index in [1.165, 1.54) is 0 Å². The molecule has 0 saturated carbocycles. The lowest BCUT2D eigenvalue weighted by atomic mass is 10.3. The summed E-state index contributed by atoms with van der Waals surface area (Å²) in [5.74, 6) is 2.08. The van der Waals surface area contributed by atoms with Crippen molar-refractivity contribution < 1.29 is 9.53 Å². The standard InChI is InChI=1S/C12H10O.C5H10O/c1-3-7-11(8-4-1)13-12-9-5-2-6-10-12;1-3-5(6)4-2/h1-10H;3-4H2,1-2H3. The maximum atomic E-state index is 10.2. The molecule has 0 saturated heterocycles. The predicted molar refractivity (Wildman–Crippen MR) is 78.5 cm³/mol. The largest absolute Gasteiger partial charge is 0.457 e. The zero-order chi connectivity index (χ0) is 13.9. The van der Waals surface area contributed by atoms with Crippen molar-refractivity contribution in [1.29, 1.82) is 0 Å². The van der Waals surface area contributed by atoms with E-state index in [1.54, 1.807) is 0 Å². The van der Waals surface area contributed by atoms with E-state index in [0.29, 0.717) is 18.6 Å². The molecule has 0 N–H and O–H groups in total. The van der Waals surface area contributed by atoms with Gasteiger partial charge in [0.15, 0.2) is 0 Å². The van der Waals surface area contributed by atoms with Crippen molar-refractivity contribution in [2.75, 3.05) is 0 Å². The minimum absolute atomic E-state index is 0.343. The van der Waals surface area contributed by atoms with Crippen molar-refractivity contribution in [3.8, 4) is 11.5 Å². The first kappa shape index (κ1) is 15.0. The molecule has 0 unspecified atom stereocenters. The summed E-state index contributed by atoms with van der Waals surface area (Å²) in [5, 5.41) is 0. The molecule has 2 nitrogen and oxygen atoms in total. The second-order valence-electron chi connectivity index (χ2n) is 3.97. The number of benzene rings is 2. The van der Waals surface area contributed by atoms with Crippen LogP contribution >= 0.6 is 0 Å². The van der Waals surface area contributed by atoms with Crippen molar-refractivity contribution in [3.63, 3.8) is 0 Å². The number of ketones is 1. The maximum absolute atomic E-state index is 10.2.